The molecule has 7 nitrogen and oxygen atoms in total. The summed E-state index contributed by atoms with van der Waals surface area (Å²) >= 11 is 1.93. The average molecular weight is 536 g/mol. The number of aromatic nitrogens is 1. The van der Waals surface area contributed by atoms with Gasteiger partial charge in [-0.25, -0.2) is 4.21 Å². The molecular formula is C17H19FIN4O3PS. The number of benzene rings is 1. The monoisotopic (exact) mass is 536 g/mol. The highest BCUT2D eigenvalue weighted by Crippen LogP contribution is 2.34. The third-order valence-corrected chi connectivity index (χ3v) is 6.22. The van der Waals surface area contributed by atoms with E-state index in [4.69, 9.17) is 0 Å². The number of nitriles is 1. The maximum absolute atomic E-state index is 13.0. The number of carbonyl (C=O) groups excluding carboxylic acids is 1. The fourth-order valence-corrected chi connectivity index (χ4v) is 4.64. The Hall–Kier alpha value is -1.70. The molecule has 11 heteroatoms. The van der Waals surface area contributed by atoms with Crippen LogP contribution < -0.4 is 9.66 Å². The molecule has 0 bridgehead atoms. The molecule has 0 saturated heterocycles. The summed E-state index contributed by atoms with van der Waals surface area (Å²) in [6, 6.07) is 6.43. The summed E-state index contributed by atoms with van der Waals surface area (Å²) in [7, 11) is 4.59. The topological polar surface area (TPSA) is 87.4 Å². The average Bonchev–Trinajstić information content (AvgIpc) is 2.98. The van der Waals surface area contributed by atoms with Crippen molar-refractivity contribution in [3.8, 4) is 11.8 Å². The predicted octanol–water partition coefficient (Wildman–Crippen LogP) is 3.60. The van der Waals surface area contributed by atoms with Gasteiger partial charge in [-0.05, 0) is 30.8 Å². The molecule has 150 valence electrons. The summed E-state index contributed by atoms with van der Waals surface area (Å²) in [5.41, 5.74) is 1.05. The van der Waals surface area contributed by atoms with Crippen molar-refractivity contribution >= 4 is 65.5 Å². The van der Waals surface area contributed by atoms with Crippen LogP contribution in [0.2, 0.25) is 0 Å². The number of allylic oxidation sites excluding steroid dienone is 1. The number of carbonyl (C=O) groups is 1. The summed E-state index contributed by atoms with van der Waals surface area (Å²) in [5.74, 6) is -0.177. The molecule has 1 N–H and O–H groups in total. The molecule has 0 aliphatic carbocycles. The van der Waals surface area contributed by atoms with Crippen LogP contribution in [-0.2, 0) is 11.0 Å². The first-order chi connectivity index (χ1) is 13.3. The first-order valence-corrected chi connectivity index (χ1v) is 11.2. The van der Waals surface area contributed by atoms with Crippen LogP contribution in [0.4, 0.5) is 10.2 Å². The molecule has 1 aromatic carbocycles. The minimum atomic E-state index is -1.40. The Bertz CT molecular complexity index is 987. The van der Waals surface area contributed by atoms with E-state index in [1.54, 1.807) is 33.9 Å². The maximum Gasteiger partial charge on any atom is 0.222 e. The standard InChI is InChI=1S/C17H19FIN4O3PS/c1-22(2)10-12(9-20)17(24)15-6-11-7-16(26-18)13(8-14(11)23(15)19)21-28(25)5-3-4-27/h6-8,10,21H,3-5,27H2,1-2H3/b12-10+. The van der Waals surface area contributed by atoms with Gasteiger partial charge in [0.1, 0.15) is 28.3 Å². The SMILES string of the molecule is CN(C)/C=C(\C#N)C(=O)c1cc2cc(OF)c(NS(=O)CCCP)cc2n1I. The lowest BCUT2D eigenvalue weighted by molar-refractivity contribution is -0.00505. The van der Waals surface area contributed by atoms with Crippen molar-refractivity contribution in [2.75, 3.05) is 30.7 Å². The van der Waals surface area contributed by atoms with Gasteiger partial charge in [0.25, 0.3) is 0 Å². The normalized spacial score (nSPS) is 12.5. The number of nitrogens with one attached hydrogen (secondary N) is 1. The number of hydrogen-bond acceptors (Lipinski definition) is 5. The molecule has 0 spiro atoms. The molecule has 2 rings (SSSR count). The van der Waals surface area contributed by atoms with Crippen molar-refractivity contribution in [2.24, 2.45) is 0 Å². The Kier molecular flexibility index (Phi) is 8.22. The van der Waals surface area contributed by atoms with Crippen LogP contribution in [-0.4, -0.2) is 43.7 Å². The van der Waals surface area contributed by atoms with Gasteiger partial charge < -0.3 is 9.62 Å². The minimum Gasteiger partial charge on any atom is -0.382 e. The third kappa shape index (κ3) is 5.21. The fraction of sp³-hybridized carbons (Fsp3) is 0.294. The fourth-order valence-electron chi connectivity index (χ4n) is 2.42. The second-order valence-electron chi connectivity index (χ2n) is 6.04. The molecule has 1 heterocycles. The molecule has 0 aliphatic rings. The van der Waals surface area contributed by atoms with Crippen LogP contribution in [0.15, 0.2) is 30.0 Å². The lowest BCUT2D eigenvalue weighted by Gasteiger charge is -2.09. The zero-order chi connectivity index (χ0) is 20.8. The molecule has 0 amide bonds. The van der Waals surface area contributed by atoms with Gasteiger partial charge in [-0.2, -0.15) is 5.26 Å². The van der Waals surface area contributed by atoms with E-state index in [1.165, 1.54) is 12.3 Å². The minimum absolute atomic E-state index is 0.0235. The number of nitrogens with zero attached hydrogens (tertiary/aromatic N) is 3. The number of ketones is 1. The Morgan fingerprint density at radius 1 is 1.50 bits per heavy atom. The van der Waals surface area contributed by atoms with E-state index in [9.17, 15) is 18.8 Å². The number of Topliss-reactive ketones (excluding diaryl/α,β-unsaturated/α-hetero) is 1. The van der Waals surface area contributed by atoms with Crippen LogP contribution in [0.25, 0.3) is 10.9 Å². The summed E-state index contributed by atoms with van der Waals surface area (Å²) in [4.78, 5) is 18.3. The second kappa shape index (κ2) is 10.2. The van der Waals surface area contributed by atoms with E-state index >= 15 is 0 Å². The van der Waals surface area contributed by atoms with Crippen molar-refractivity contribution in [1.82, 2.24) is 7.68 Å². The first kappa shape index (κ1) is 22.6. The van der Waals surface area contributed by atoms with Crippen LogP contribution in [0, 0.1) is 11.3 Å². The van der Waals surface area contributed by atoms with Gasteiger partial charge in [0.05, 0.1) is 34.1 Å². The molecule has 2 atom stereocenters. The van der Waals surface area contributed by atoms with Gasteiger partial charge in [0.2, 0.25) is 5.78 Å². The summed E-state index contributed by atoms with van der Waals surface area (Å²) in [5, 5.41) is 9.83. The largest absolute Gasteiger partial charge is 0.382 e. The molecule has 0 saturated carbocycles. The molecule has 0 fully saturated rings. The van der Waals surface area contributed by atoms with E-state index in [-0.39, 0.29) is 22.7 Å². The Morgan fingerprint density at radius 3 is 2.79 bits per heavy atom. The van der Waals surface area contributed by atoms with Crippen molar-refractivity contribution in [2.45, 2.75) is 6.42 Å². The van der Waals surface area contributed by atoms with Crippen molar-refractivity contribution in [3.05, 3.63) is 35.7 Å². The first-order valence-electron chi connectivity index (χ1n) is 8.14. The quantitative estimate of drug-likeness (QED) is 0.174. The van der Waals surface area contributed by atoms with Crippen molar-refractivity contribution in [1.29, 1.82) is 5.26 Å². The van der Waals surface area contributed by atoms with Gasteiger partial charge in [-0.3, -0.25) is 12.5 Å². The molecule has 0 aliphatic heterocycles. The molecule has 1 aromatic heterocycles. The zero-order valence-corrected chi connectivity index (χ0v) is 19.4. The summed E-state index contributed by atoms with van der Waals surface area (Å²) in [6.07, 6.45) is 2.98. The van der Waals surface area contributed by atoms with Gasteiger partial charge >= 0.3 is 0 Å². The number of halogens is 2. The summed E-state index contributed by atoms with van der Waals surface area (Å²) in [6.45, 7) is 0. The summed E-state index contributed by atoms with van der Waals surface area (Å²) < 4.78 is 29.5. The van der Waals surface area contributed by atoms with Gasteiger partial charge in [-0.15, -0.1) is 9.24 Å². The Morgan fingerprint density at radius 2 is 2.21 bits per heavy atom. The predicted molar refractivity (Wildman–Crippen MR) is 121 cm³/mol. The number of anilines is 1. The van der Waals surface area contributed by atoms with Crippen molar-refractivity contribution in [3.63, 3.8) is 0 Å². The zero-order valence-electron chi connectivity index (χ0n) is 15.2. The Labute approximate surface area is 181 Å². The lowest BCUT2D eigenvalue weighted by Crippen LogP contribution is -2.10. The van der Waals surface area contributed by atoms with Gasteiger partial charge in [0, 0.05) is 36.0 Å². The van der Waals surface area contributed by atoms with E-state index < -0.39 is 16.8 Å². The van der Waals surface area contributed by atoms with Crippen LogP contribution >= 0.6 is 32.1 Å². The van der Waals surface area contributed by atoms with E-state index in [1.807, 2.05) is 28.9 Å². The molecule has 0 radical (unpaired) electrons. The molecular weight excluding hydrogens is 517 g/mol. The number of hydrogen-bond donors (Lipinski definition) is 1. The molecule has 28 heavy (non-hydrogen) atoms. The smallest absolute Gasteiger partial charge is 0.222 e. The highest BCUT2D eigenvalue weighted by molar-refractivity contribution is 14.1. The molecule has 2 unspecified atom stereocenters. The van der Waals surface area contributed by atoms with Crippen LogP contribution in [0.3, 0.4) is 0 Å². The highest BCUT2D eigenvalue weighted by Gasteiger charge is 2.21. The van der Waals surface area contributed by atoms with Crippen molar-refractivity contribution < 1.29 is 18.5 Å². The van der Waals surface area contributed by atoms with Crippen LogP contribution in [0.1, 0.15) is 16.9 Å². The van der Waals surface area contributed by atoms with Crippen LogP contribution in [0.5, 0.6) is 5.75 Å². The van der Waals surface area contributed by atoms with E-state index in [0.29, 0.717) is 16.7 Å². The molecule has 2 aromatic rings. The third-order valence-electron chi connectivity index (χ3n) is 3.67. The number of rotatable bonds is 9. The maximum atomic E-state index is 13.0. The van der Waals surface area contributed by atoms with E-state index in [2.05, 4.69) is 18.9 Å². The number of fused-ring (bicyclic) bond motifs is 1. The Balaban J connectivity index is 2.48. The highest BCUT2D eigenvalue weighted by atomic mass is 127. The lowest BCUT2D eigenvalue weighted by atomic mass is 10.1. The van der Waals surface area contributed by atoms with Gasteiger partial charge in [-0.1, -0.05) is 0 Å². The second-order valence-corrected chi connectivity index (χ2v) is 8.88. The van der Waals surface area contributed by atoms with E-state index in [0.717, 1.165) is 12.6 Å². The van der Waals surface area contributed by atoms with Gasteiger partial charge in [0.15, 0.2) is 5.75 Å².